The second kappa shape index (κ2) is 6.02. The van der Waals surface area contributed by atoms with Gasteiger partial charge in [0.05, 0.1) is 13.5 Å². The Morgan fingerprint density at radius 1 is 1.29 bits per heavy atom. The van der Waals surface area contributed by atoms with E-state index in [-0.39, 0.29) is 6.42 Å². The van der Waals surface area contributed by atoms with Crippen LogP contribution >= 0.6 is 0 Å². The minimum atomic E-state index is -4.99. The Balaban J connectivity index is 2.92. The van der Waals surface area contributed by atoms with Gasteiger partial charge in [0.25, 0.3) is 5.91 Å². The maximum atomic E-state index is 12.9. The third-order valence-corrected chi connectivity index (χ3v) is 2.99. The quantitative estimate of drug-likeness (QED) is 0.856. The first-order chi connectivity index (χ1) is 9.61. The van der Waals surface area contributed by atoms with Crippen LogP contribution in [0.3, 0.4) is 0 Å². The van der Waals surface area contributed by atoms with Gasteiger partial charge in [-0.05, 0) is 13.0 Å². The molecule has 2 amide bonds. The maximum absolute atomic E-state index is 12.9. The van der Waals surface area contributed by atoms with Crippen LogP contribution in [0.15, 0.2) is 24.3 Å². The fourth-order valence-corrected chi connectivity index (χ4v) is 1.62. The van der Waals surface area contributed by atoms with E-state index in [0.29, 0.717) is 18.2 Å². The molecule has 0 aliphatic carbocycles. The molecule has 3 N–H and O–H groups in total. The maximum Gasteiger partial charge on any atom is 0.420 e. The van der Waals surface area contributed by atoms with Gasteiger partial charge >= 0.3 is 6.18 Å². The van der Waals surface area contributed by atoms with Crippen molar-refractivity contribution in [3.05, 3.63) is 29.8 Å². The highest BCUT2D eigenvalue weighted by atomic mass is 19.4. The van der Waals surface area contributed by atoms with E-state index in [1.807, 2.05) is 0 Å². The highest BCUT2D eigenvalue weighted by Gasteiger charge is 2.56. The summed E-state index contributed by atoms with van der Waals surface area (Å²) < 4.78 is 43.6. The highest BCUT2D eigenvalue weighted by molar-refractivity contribution is 5.91. The SMILES string of the molecule is COc1ccccc1CC(=O)N[C@](C)(C(N)=O)C(F)(F)F. The molecule has 1 rings (SSSR count). The topological polar surface area (TPSA) is 81.4 Å². The van der Waals surface area contributed by atoms with Gasteiger partial charge in [0.1, 0.15) is 5.75 Å². The molecule has 0 aliphatic heterocycles. The number of alkyl halides is 3. The number of methoxy groups -OCH3 is 1. The van der Waals surface area contributed by atoms with Gasteiger partial charge in [-0.15, -0.1) is 0 Å². The Bertz CT molecular complexity index is 546. The summed E-state index contributed by atoms with van der Waals surface area (Å²) in [5.41, 5.74) is 2.03. The molecule has 0 bridgehead atoms. The number of nitrogens with one attached hydrogen (secondary N) is 1. The molecule has 0 fully saturated rings. The Labute approximate surface area is 119 Å². The van der Waals surface area contributed by atoms with Crippen LogP contribution in [-0.4, -0.2) is 30.6 Å². The van der Waals surface area contributed by atoms with E-state index in [1.54, 1.807) is 23.5 Å². The van der Waals surface area contributed by atoms with Gasteiger partial charge in [-0.2, -0.15) is 13.2 Å². The van der Waals surface area contributed by atoms with Crippen molar-refractivity contribution in [2.24, 2.45) is 5.73 Å². The summed E-state index contributed by atoms with van der Waals surface area (Å²) in [4.78, 5) is 22.8. The van der Waals surface area contributed by atoms with E-state index >= 15 is 0 Å². The van der Waals surface area contributed by atoms with Crippen molar-refractivity contribution in [1.82, 2.24) is 5.32 Å². The predicted octanol–water partition coefficient (Wildman–Crippen LogP) is 1.16. The molecule has 0 heterocycles. The zero-order valence-electron chi connectivity index (χ0n) is 11.5. The third kappa shape index (κ3) is 3.65. The predicted molar refractivity (Wildman–Crippen MR) is 68.5 cm³/mol. The number of primary amides is 1. The zero-order valence-corrected chi connectivity index (χ0v) is 11.5. The molecule has 1 atom stereocenters. The summed E-state index contributed by atoms with van der Waals surface area (Å²) in [6.07, 6.45) is -5.36. The van der Waals surface area contributed by atoms with Crippen molar-refractivity contribution in [3.8, 4) is 5.75 Å². The molecule has 0 saturated carbocycles. The van der Waals surface area contributed by atoms with E-state index in [4.69, 9.17) is 10.5 Å². The number of amides is 2. The van der Waals surface area contributed by atoms with Crippen LogP contribution in [0.4, 0.5) is 13.2 Å². The number of para-hydroxylation sites is 1. The molecule has 0 aliphatic rings. The first kappa shape index (κ1) is 16.8. The van der Waals surface area contributed by atoms with E-state index in [0.717, 1.165) is 0 Å². The molecule has 116 valence electrons. The van der Waals surface area contributed by atoms with Crippen molar-refractivity contribution < 1.29 is 27.5 Å². The highest BCUT2D eigenvalue weighted by Crippen LogP contribution is 2.30. The van der Waals surface area contributed by atoms with E-state index < -0.39 is 23.5 Å². The number of hydrogen-bond donors (Lipinski definition) is 2. The molecule has 0 saturated heterocycles. The Morgan fingerprint density at radius 2 is 1.86 bits per heavy atom. The number of rotatable bonds is 5. The van der Waals surface area contributed by atoms with Gasteiger partial charge in [-0.25, -0.2) is 0 Å². The molecule has 0 aromatic heterocycles. The van der Waals surface area contributed by atoms with E-state index in [9.17, 15) is 22.8 Å². The molecule has 8 heteroatoms. The van der Waals surface area contributed by atoms with Crippen LogP contribution in [-0.2, 0) is 16.0 Å². The zero-order chi connectivity index (χ0) is 16.3. The number of ether oxygens (including phenoxy) is 1. The normalized spacial score (nSPS) is 14.1. The summed E-state index contributed by atoms with van der Waals surface area (Å²) >= 11 is 0. The second-order valence-electron chi connectivity index (χ2n) is 4.52. The average Bonchev–Trinajstić information content (AvgIpc) is 2.37. The number of halogens is 3. The van der Waals surface area contributed by atoms with Gasteiger partial charge in [0.15, 0.2) is 0 Å². The van der Waals surface area contributed by atoms with Crippen LogP contribution in [0.25, 0.3) is 0 Å². The lowest BCUT2D eigenvalue weighted by Crippen LogP contribution is -2.64. The van der Waals surface area contributed by atoms with Crippen molar-refractivity contribution in [3.63, 3.8) is 0 Å². The standard InChI is InChI=1S/C13H15F3N2O3/c1-12(11(17)20,13(14,15)16)18-10(19)7-8-5-3-4-6-9(8)21-2/h3-6H,7H2,1-2H3,(H2,17,20)(H,18,19)/t12-/m1/s1. The summed E-state index contributed by atoms with van der Waals surface area (Å²) in [5.74, 6) is -2.30. The van der Waals surface area contributed by atoms with Gasteiger partial charge in [-0.1, -0.05) is 18.2 Å². The molecule has 0 unspecified atom stereocenters. The van der Waals surface area contributed by atoms with Gasteiger partial charge in [0.2, 0.25) is 11.4 Å². The number of carbonyl (C=O) groups excluding carboxylic acids is 2. The largest absolute Gasteiger partial charge is 0.496 e. The smallest absolute Gasteiger partial charge is 0.420 e. The van der Waals surface area contributed by atoms with Crippen LogP contribution in [0, 0.1) is 0 Å². The Hall–Kier alpha value is -2.25. The summed E-state index contributed by atoms with van der Waals surface area (Å²) in [5, 5.41) is 1.64. The van der Waals surface area contributed by atoms with Gasteiger partial charge in [-0.3, -0.25) is 9.59 Å². The fraction of sp³-hybridized carbons (Fsp3) is 0.385. The number of benzene rings is 1. The van der Waals surface area contributed by atoms with Crippen molar-refractivity contribution in [1.29, 1.82) is 0 Å². The summed E-state index contributed by atoms with van der Waals surface area (Å²) in [6.45, 7) is 0.523. The van der Waals surface area contributed by atoms with Crippen LogP contribution in [0.1, 0.15) is 12.5 Å². The molecule has 0 radical (unpaired) electrons. The molecule has 5 nitrogen and oxygen atoms in total. The fourth-order valence-electron chi connectivity index (χ4n) is 1.62. The van der Waals surface area contributed by atoms with E-state index in [1.165, 1.54) is 13.2 Å². The lowest BCUT2D eigenvalue weighted by Gasteiger charge is -2.29. The lowest BCUT2D eigenvalue weighted by molar-refractivity contribution is -0.195. The summed E-state index contributed by atoms with van der Waals surface area (Å²) in [6, 6.07) is 6.37. The number of nitrogens with two attached hydrogens (primary N) is 1. The second-order valence-corrected chi connectivity index (χ2v) is 4.52. The Kier molecular flexibility index (Phi) is 4.82. The van der Waals surface area contributed by atoms with Crippen LogP contribution < -0.4 is 15.8 Å². The monoisotopic (exact) mass is 304 g/mol. The molecule has 1 aromatic rings. The van der Waals surface area contributed by atoms with E-state index in [2.05, 4.69) is 0 Å². The summed E-state index contributed by atoms with van der Waals surface area (Å²) in [7, 11) is 1.37. The molecular formula is C13H15F3N2O3. The van der Waals surface area contributed by atoms with Crippen molar-refractivity contribution >= 4 is 11.8 Å². The first-order valence-corrected chi connectivity index (χ1v) is 5.91. The molecule has 0 spiro atoms. The number of hydrogen-bond acceptors (Lipinski definition) is 3. The van der Waals surface area contributed by atoms with Gasteiger partial charge in [0, 0.05) is 5.56 Å². The average molecular weight is 304 g/mol. The van der Waals surface area contributed by atoms with Gasteiger partial charge < -0.3 is 15.8 Å². The van der Waals surface area contributed by atoms with Crippen LogP contribution in [0.2, 0.25) is 0 Å². The third-order valence-electron chi connectivity index (χ3n) is 2.99. The number of carbonyl (C=O) groups is 2. The Morgan fingerprint density at radius 3 is 2.33 bits per heavy atom. The molecule has 1 aromatic carbocycles. The molecular weight excluding hydrogens is 289 g/mol. The lowest BCUT2D eigenvalue weighted by atomic mass is 10.00. The molecule has 21 heavy (non-hydrogen) atoms. The first-order valence-electron chi connectivity index (χ1n) is 5.91. The van der Waals surface area contributed by atoms with Crippen LogP contribution in [0.5, 0.6) is 5.75 Å². The van der Waals surface area contributed by atoms with Crippen molar-refractivity contribution in [2.45, 2.75) is 25.1 Å². The minimum Gasteiger partial charge on any atom is -0.496 e. The van der Waals surface area contributed by atoms with Crippen molar-refractivity contribution in [2.75, 3.05) is 7.11 Å². The minimum absolute atomic E-state index is 0.362.